The van der Waals surface area contributed by atoms with Gasteiger partial charge in [-0.15, -0.1) is 0 Å². The van der Waals surface area contributed by atoms with E-state index in [2.05, 4.69) is 43.3 Å². The van der Waals surface area contributed by atoms with E-state index in [4.69, 9.17) is 15.6 Å². The number of rotatable bonds is 6. The lowest BCUT2D eigenvalue weighted by atomic mass is 9.98. The fourth-order valence-corrected chi connectivity index (χ4v) is 3.58. The molecule has 0 saturated heterocycles. The molecule has 0 amide bonds. The Kier molecular flexibility index (Phi) is 8.22. The van der Waals surface area contributed by atoms with Crippen LogP contribution in [0.3, 0.4) is 0 Å². The van der Waals surface area contributed by atoms with Crippen molar-refractivity contribution in [3.63, 3.8) is 0 Å². The number of aliphatic carboxylic acids is 1. The van der Waals surface area contributed by atoms with E-state index in [9.17, 15) is 4.79 Å². The molecule has 4 rings (SSSR count). The third-order valence-corrected chi connectivity index (χ3v) is 5.75. The molecule has 4 aromatic rings. The third-order valence-electron chi connectivity index (χ3n) is 5.75. The van der Waals surface area contributed by atoms with Crippen molar-refractivity contribution in [2.45, 2.75) is 32.2 Å². The summed E-state index contributed by atoms with van der Waals surface area (Å²) in [5.74, 6) is -0.490. The van der Waals surface area contributed by atoms with E-state index >= 15 is 0 Å². The number of carbonyl (C=O) groups is 1. The highest BCUT2D eigenvalue weighted by atomic mass is 16.5. The summed E-state index contributed by atoms with van der Waals surface area (Å²) in [7, 11) is 1.63. The van der Waals surface area contributed by atoms with Crippen molar-refractivity contribution in [1.82, 2.24) is 0 Å². The van der Waals surface area contributed by atoms with Crippen LogP contribution < -0.4 is 10.5 Å². The normalized spacial score (nSPS) is 12.4. The average molecular weight is 442 g/mol. The maximum Gasteiger partial charge on any atom is 0.310 e. The largest absolute Gasteiger partial charge is 0.497 e. The van der Waals surface area contributed by atoms with Gasteiger partial charge < -0.3 is 15.6 Å². The molecular formula is C29H31NO3. The second-order valence-corrected chi connectivity index (χ2v) is 8.24. The van der Waals surface area contributed by atoms with Gasteiger partial charge in [-0.2, -0.15) is 0 Å². The van der Waals surface area contributed by atoms with Crippen molar-refractivity contribution in [2.24, 2.45) is 5.73 Å². The molecule has 0 radical (unpaired) electrons. The summed E-state index contributed by atoms with van der Waals surface area (Å²) in [4.78, 5) is 10.9. The number of nitrogens with two attached hydrogens (primary N) is 1. The van der Waals surface area contributed by atoms with Crippen LogP contribution in [0.25, 0.3) is 10.8 Å². The Bertz CT molecular complexity index is 1190. The van der Waals surface area contributed by atoms with Crippen LogP contribution in [0.4, 0.5) is 0 Å². The van der Waals surface area contributed by atoms with Gasteiger partial charge in [0.15, 0.2) is 0 Å². The first kappa shape index (κ1) is 24.0. The van der Waals surface area contributed by atoms with Gasteiger partial charge in [0.05, 0.1) is 13.0 Å². The van der Waals surface area contributed by atoms with Crippen molar-refractivity contribution in [1.29, 1.82) is 0 Å². The highest BCUT2D eigenvalue weighted by molar-refractivity contribution is 5.86. The average Bonchev–Trinajstić information content (AvgIpc) is 2.85. The molecule has 0 aliphatic carbocycles. The van der Waals surface area contributed by atoms with E-state index in [0.717, 1.165) is 28.5 Å². The topological polar surface area (TPSA) is 72.5 Å². The Balaban J connectivity index is 0.000000186. The second-order valence-electron chi connectivity index (χ2n) is 8.24. The number of aryl methyl sites for hydroxylation is 1. The fraction of sp³-hybridized carbons (Fsp3) is 0.207. The molecule has 0 aliphatic heterocycles. The minimum absolute atomic E-state index is 0.0870. The molecule has 0 unspecified atom stereocenters. The standard InChI is InChI=1S/C15H17N.C14H14O3/c1-12-7-9-13(10-8-12)11-15(16)14-5-3-2-4-6-14;1-9(14(15)16)10-3-4-12-8-13(17-2)6-5-11(12)7-10/h2-10,15H,11,16H2,1H3;3-9H,1-2H3,(H,15,16)/t15-;9-/m10/s1. The van der Waals surface area contributed by atoms with E-state index in [1.165, 1.54) is 16.7 Å². The van der Waals surface area contributed by atoms with Crippen LogP contribution in [0.5, 0.6) is 5.75 Å². The molecule has 0 fully saturated rings. The van der Waals surface area contributed by atoms with Gasteiger partial charge in [0.1, 0.15) is 5.75 Å². The van der Waals surface area contributed by atoms with Crippen molar-refractivity contribution in [3.8, 4) is 5.75 Å². The molecule has 0 saturated carbocycles. The lowest BCUT2D eigenvalue weighted by molar-refractivity contribution is -0.138. The molecular weight excluding hydrogens is 410 g/mol. The van der Waals surface area contributed by atoms with Crippen LogP contribution in [0.15, 0.2) is 91.0 Å². The summed E-state index contributed by atoms with van der Waals surface area (Å²) in [5.41, 5.74) is 10.8. The van der Waals surface area contributed by atoms with Gasteiger partial charge in [0.25, 0.3) is 0 Å². The monoisotopic (exact) mass is 441 g/mol. The molecule has 2 atom stereocenters. The molecule has 3 N–H and O–H groups in total. The number of carboxylic acid groups (broad SMARTS) is 1. The summed E-state index contributed by atoms with van der Waals surface area (Å²) in [6.45, 7) is 3.79. The minimum Gasteiger partial charge on any atom is -0.497 e. The second kappa shape index (κ2) is 11.3. The van der Waals surface area contributed by atoms with E-state index < -0.39 is 11.9 Å². The van der Waals surface area contributed by atoms with Gasteiger partial charge in [-0.3, -0.25) is 4.79 Å². The van der Waals surface area contributed by atoms with Gasteiger partial charge in [0, 0.05) is 6.04 Å². The maximum absolute atomic E-state index is 10.9. The van der Waals surface area contributed by atoms with E-state index in [1.807, 2.05) is 54.6 Å². The minimum atomic E-state index is -0.808. The SMILES string of the molecule is COc1ccc2cc([C@H](C)C(=O)O)ccc2c1.Cc1ccc(C[C@@H](N)c2ccccc2)cc1. The van der Waals surface area contributed by atoms with Crippen molar-refractivity contribution in [2.75, 3.05) is 7.11 Å². The third kappa shape index (κ3) is 6.67. The molecule has 0 aliphatic rings. The maximum atomic E-state index is 10.9. The Morgan fingerprint density at radius 2 is 1.52 bits per heavy atom. The summed E-state index contributed by atoms with van der Waals surface area (Å²) in [6.07, 6.45) is 0.893. The molecule has 170 valence electrons. The molecule has 0 aromatic heterocycles. The van der Waals surface area contributed by atoms with Gasteiger partial charge >= 0.3 is 5.97 Å². The quantitative estimate of drug-likeness (QED) is 0.370. The first-order valence-corrected chi connectivity index (χ1v) is 11.0. The van der Waals surface area contributed by atoms with Crippen molar-refractivity contribution < 1.29 is 14.6 Å². The van der Waals surface area contributed by atoms with Crippen LogP contribution in [-0.2, 0) is 11.2 Å². The zero-order valence-electron chi connectivity index (χ0n) is 19.4. The van der Waals surface area contributed by atoms with Gasteiger partial charge in [-0.25, -0.2) is 0 Å². The Labute approximate surface area is 195 Å². The lowest BCUT2D eigenvalue weighted by Gasteiger charge is -2.12. The number of ether oxygens (including phenoxy) is 1. The van der Waals surface area contributed by atoms with E-state index in [-0.39, 0.29) is 6.04 Å². The van der Waals surface area contributed by atoms with E-state index in [0.29, 0.717) is 0 Å². The molecule has 0 bridgehead atoms. The van der Waals surface area contributed by atoms with Crippen LogP contribution in [0.2, 0.25) is 0 Å². The number of hydrogen-bond donors (Lipinski definition) is 2. The summed E-state index contributed by atoms with van der Waals surface area (Å²) in [6, 6.07) is 30.3. The van der Waals surface area contributed by atoms with Crippen LogP contribution in [0.1, 0.15) is 41.1 Å². The Morgan fingerprint density at radius 3 is 2.15 bits per heavy atom. The lowest BCUT2D eigenvalue weighted by Crippen LogP contribution is -2.13. The zero-order valence-corrected chi connectivity index (χ0v) is 19.4. The molecule has 0 heterocycles. The first-order chi connectivity index (χ1) is 15.9. The number of carboxylic acids is 1. The fourth-order valence-electron chi connectivity index (χ4n) is 3.58. The molecule has 4 aromatic carbocycles. The highest BCUT2D eigenvalue weighted by Crippen LogP contribution is 2.25. The predicted octanol–water partition coefficient (Wildman–Crippen LogP) is 6.27. The number of hydrogen-bond acceptors (Lipinski definition) is 3. The van der Waals surface area contributed by atoms with Crippen molar-refractivity contribution in [3.05, 3.63) is 113 Å². The number of methoxy groups -OCH3 is 1. The number of benzene rings is 4. The predicted molar refractivity (Wildman–Crippen MR) is 135 cm³/mol. The van der Waals surface area contributed by atoms with Crippen LogP contribution >= 0.6 is 0 Å². The highest BCUT2D eigenvalue weighted by Gasteiger charge is 2.13. The summed E-state index contributed by atoms with van der Waals surface area (Å²) >= 11 is 0. The summed E-state index contributed by atoms with van der Waals surface area (Å²) < 4.78 is 5.14. The van der Waals surface area contributed by atoms with E-state index in [1.54, 1.807) is 14.0 Å². The van der Waals surface area contributed by atoms with Gasteiger partial charge in [-0.05, 0) is 59.9 Å². The van der Waals surface area contributed by atoms with Crippen LogP contribution in [-0.4, -0.2) is 18.2 Å². The van der Waals surface area contributed by atoms with Crippen LogP contribution in [0, 0.1) is 6.92 Å². The van der Waals surface area contributed by atoms with Crippen molar-refractivity contribution >= 4 is 16.7 Å². The molecule has 4 nitrogen and oxygen atoms in total. The Morgan fingerprint density at radius 1 is 0.879 bits per heavy atom. The molecule has 33 heavy (non-hydrogen) atoms. The van der Waals surface area contributed by atoms with Gasteiger partial charge in [0.2, 0.25) is 0 Å². The first-order valence-electron chi connectivity index (χ1n) is 11.0. The van der Waals surface area contributed by atoms with Gasteiger partial charge in [-0.1, -0.05) is 84.4 Å². The summed E-state index contributed by atoms with van der Waals surface area (Å²) in [5, 5.41) is 11.0. The number of fused-ring (bicyclic) bond motifs is 1. The molecule has 0 spiro atoms. The Hall–Kier alpha value is -3.63. The smallest absolute Gasteiger partial charge is 0.310 e. The zero-order chi connectivity index (χ0) is 23.8. The molecule has 4 heteroatoms.